The van der Waals surface area contributed by atoms with Crippen LogP contribution in [0.25, 0.3) is 0 Å². The van der Waals surface area contributed by atoms with Gasteiger partial charge < -0.3 is 10.6 Å². The number of nitrogens with zero attached hydrogens (tertiary/aromatic N) is 1. The number of carbonyl (C=O) groups excluding carboxylic acids is 1. The predicted octanol–water partition coefficient (Wildman–Crippen LogP) is 4.42. The molecule has 1 saturated carbocycles. The lowest BCUT2D eigenvalue weighted by atomic mass is 10.1. The predicted molar refractivity (Wildman–Crippen MR) is 92.9 cm³/mol. The van der Waals surface area contributed by atoms with E-state index in [-0.39, 0.29) is 17.8 Å². The van der Waals surface area contributed by atoms with Crippen molar-refractivity contribution in [1.82, 2.24) is 10.3 Å². The van der Waals surface area contributed by atoms with Gasteiger partial charge in [0.1, 0.15) is 5.82 Å². The number of rotatable bonds is 4. The summed E-state index contributed by atoms with van der Waals surface area (Å²) in [6.45, 7) is 0. The summed E-state index contributed by atoms with van der Waals surface area (Å²) in [5.74, 6) is -0.461. The molecule has 0 unspecified atom stereocenters. The van der Waals surface area contributed by atoms with E-state index < -0.39 is 0 Å². The van der Waals surface area contributed by atoms with Gasteiger partial charge in [0.15, 0.2) is 0 Å². The molecule has 1 fully saturated rings. The van der Waals surface area contributed by atoms with Gasteiger partial charge in [0, 0.05) is 12.2 Å². The summed E-state index contributed by atoms with van der Waals surface area (Å²) in [5, 5.41) is 6.06. The van der Waals surface area contributed by atoms with Gasteiger partial charge in [-0.25, -0.2) is 4.39 Å². The summed E-state index contributed by atoms with van der Waals surface area (Å²) in [5.41, 5.74) is 1.44. The summed E-state index contributed by atoms with van der Waals surface area (Å²) in [6, 6.07) is 8.36. The molecule has 3 rings (SSSR count). The van der Waals surface area contributed by atoms with Crippen LogP contribution in [0.3, 0.4) is 0 Å². The molecule has 1 aliphatic carbocycles. The molecular formula is C19H22FN3O. The van der Waals surface area contributed by atoms with E-state index in [9.17, 15) is 9.18 Å². The fourth-order valence-corrected chi connectivity index (χ4v) is 3.04. The summed E-state index contributed by atoms with van der Waals surface area (Å²) < 4.78 is 13.7. The Morgan fingerprint density at radius 1 is 1.08 bits per heavy atom. The van der Waals surface area contributed by atoms with Crippen LogP contribution in [0.15, 0.2) is 42.7 Å². The fraction of sp³-hybridized carbons (Fsp3) is 0.368. The second kappa shape index (κ2) is 7.90. The molecule has 0 spiro atoms. The highest BCUT2D eigenvalue weighted by molar-refractivity contribution is 5.95. The summed E-state index contributed by atoms with van der Waals surface area (Å²) in [6.07, 6.45) is 10.0. The molecule has 2 N–H and O–H groups in total. The van der Waals surface area contributed by atoms with Crippen molar-refractivity contribution in [3.05, 3.63) is 54.1 Å². The molecule has 126 valence electrons. The topological polar surface area (TPSA) is 54.0 Å². The zero-order chi connectivity index (χ0) is 16.8. The van der Waals surface area contributed by atoms with E-state index in [4.69, 9.17) is 0 Å². The maximum Gasteiger partial charge on any atom is 0.253 e. The maximum absolute atomic E-state index is 13.7. The number of hydrogen-bond acceptors (Lipinski definition) is 3. The number of pyridine rings is 1. The largest absolute Gasteiger partial charge is 0.352 e. The third kappa shape index (κ3) is 4.31. The zero-order valence-corrected chi connectivity index (χ0v) is 13.6. The molecule has 2 aromatic rings. The minimum Gasteiger partial charge on any atom is -0.352 e. The van der Waals surface area contributed by atoms with Crippen molar-refractivity contribution in [2.45, 2.75) is 44.6 Å². The number of amides is 1. The molecular weight excluding hydrogens is 305 g/mol. The highest BCUT2D eigenvalue weighted by atomic mass is 19.1. The minimum absolute atomic E-state index is 0.119. The van der Waals surface area contributed by atoms with Crippen LogP contribution in [0, 0.1) is 5.82 Å². The highest BCUT2D eigenvalue weighted by Crippen LogP contribution is 2.20. The van der Waals surface area contributed by atoms with Crippen molar-refractivity contribution in [3.63, 3.8) is 0 Å². The van der Waals surface area contributed by atoms with Crippen molar-refractivity contribution in [2.75, 3.05) is 5.32 Å². The summed E-state index contributed by atoms with van der Waals surface area (Å²) >= 11 is 0. The van der Waals surface area contributed by atoms with E-state index in [0.29, 0.717) is 16.9 Å². The molecule has 0 atom stereocenters. The van der Waals surface area contributed by atoms with Gasteiger partial charge >= 0.3 is 0 Å². The lowest BCUT2D eigenvalue weighted by Crippen LogP contribution is -2.34. The van der Waals surface area contributed by atoms with Crippen LogP contribution in [-0.2, 0) is 0 Å². The van der Waals surface area contributed by atoms with Crippen LogP contribution >= 0.6 is 0 Å². The van der Waals surface area contributed by atoms with Crippen molar-refractivity contribution in [1.29, 1.82) is 0 Å². The Kier molecular flexibility index (Phi) is 5.41. The van der Waals surface area contributed by atoms with Gasteiger partial charge in [0.2, 0.25) is 0 Å². The molecule has 1 aromatic heterocycles. The van der Waals surface area contributed by atoms with E-state index in [1.165, 1.54) is 18.9 Å². The molecule has 0 bridgehead atoms. The van der Waals surface area contributed by atoms with Crippen molar-refractivity contribution in [3.8, 4) is 0 Å². The number of hydrogen-bond donors (Lipinski definition) is 2. The highest BCUT2D eigenvalue weighted by Gasteiger charge is 2.16. The Hall–Kier alpha value is -2.43. The minimum atomic E-state index is -0.342. The third-order valence-corrected chi connectivity index (χ3v) is 4.34. The smallest absolute Gasteiger partial charge is 0.253 e. The molecule has 1 aromatic carbocycles. The second-order valence-corrected chi connectivity index (χ2v) is 6.23. The number of aromatic nitrogens is 1. The fourth-order valence-electron chi connectivity index (χ4n) is 3.04. The molecule has 0 radical (unpaired) electrons. The molecule has 1 amide bonds. The van der Waals surface area contributed by atoms with Gasteiger partial charge in [0.05, 0.1) is 23.1 Å². The summed E-state index contributed by atoms with van der Waals surface area (Å²) in [7, 11) is 0. The van der Waals surface area contributed by atoms with Gasteiger partial charge in [-0.15, -0.1) is 0 Å². The van der Waals surface area contributed by atoms with Crippen molar-refractivity contribution >= 4 is 17.3 Å². The van der Waals surface area contributed by atoms with Gasteiger partial charge in [-0.1, -0.05) is 37.8 Å². The Labute approximate surface area is 141 Å². The lowest BCUT2D eigenvalue weighted by molar-refractivity contribution is 0.0933. The molecule has 24 heavy (non-hydrogen) atoms. The number of carbonyl (C=O) groups is 1. The Morgan fingerprint density at radius 2 is 1.83 bits per heavy atom. The van der Waals surface area contributed by atoms with Crippen LogP contribution in [0.4, 0.5) is 15.8 Å². The van der Waals surface area contributed by atoms with Crippen LogP contribution in [-0.4, -0.2) is 16.9 Å². The van der Waals surface area contributed by atoms with E-state index in [1.54, 1.807) is 36.7 Å². The maximum atomic E-state index is 13.7. The quantitative estimate of drug-likeness (QED) is 0.818. The monoisotopic (exact) mass is 327 g/mol. The van der Waals surface area contributed by atoms with E-state index in [0.717, 1.165) is 25.7 Å². The zero-order valence-electron chi connectivity index (χ0n) is 13.6. The van der Waals surface area contributed by atoms with E-state index in [2.05, 4.69) is 15.6 Å². The van der Waals surface area contributed by atoms with Gasteiger partial charge in [-0.05, 0) is 31.0 Å². The standard InChI is InChI=1S/C19H22FN3O/c20-17-9-5-6-10-18(17)22-16-11-14(12-21-13-16)19(24)23-15-7-3-1-2-4-8-15/h5-6,9-13,15,22H,1-4,7-8H2,(H,23,24). The number of nitrogens with one attached hydrogen (secondary N) is 2. The number of anilines is 2. The lowest BCUT2D eigenvalue weighted by Gasteiger charge is -2.16. The van der Waals surface area contributed by atoms with Crippen molar-refractivity contribution in [2.24, 2.45) is 0 Å². The molecule has 1 heterocycles. The summed E-state index contributed by atoms with van der Waals surface area (Å²) in [4.78, 5) is 16.5. The number of halogens is 1. The third-order valence-electron chi connectivity index (χ3n) is 4.34. The first-order valence-electron chi connectivity index (χ1n) is 8.50. The molecule has 5 heteroatoms. The van der Waals surface area contributed by atoms with Crippen LogP contribution in [0.1, 0.15) is 48.9 Å². The second-order valence-electron chi connectivity index (χ2n) is 6.23. The first-order valence-corrected chi connectivity index (χ1v) is 8.50. The number of para-hydroxylation sites is 1. The van der Waals surface area contributed by atoms with Gasteiger partial charge in [-0.3, -0.25) is 9.78 Å². The average Bonchev–Trinajstić information content (AvgIpc) is 2.86. The van der Waals surface area contributed by atoms with Gasteiger partial charge in [-0.2, -0.15) is 0 Å². The molecule has 1 aliphatic rings. The Bertz CT molecular complexity index is 697. The normalized spacial score (nSPS) is 15.5. The van der Waals surface area contributed by atoms with E-state index >= 15 is 0 Å². The van der Waals surface area contributed by atoms with Crippen molar-refractivity contribution < 1.29 is 9.18 Å². The average molecular weight is 327 g/mol. The molecule has 0 saturated heterocycles. The Morgan fingerprint density at radius 3 is 2.58 bits per heavy atom. The SMILES string of the molecule is O=C(NC1CCCCCC1)c1cncc(Nc2ccccc2F)c1. The molecule has 0 aliphatic heterocycles. The first-order chi connectivity index (χ1) is 11.7. The molecule has 4 nitrogen and oxygen atoms in total. The van der Waals surface area contributed by atoms with Gasteiger partial charge in [0.25, 0.3) is 5.91 Å². The Balaban J connectivity index is 1.68. The van der Waals surface area contributed by atoms with Crippen LogP contribution in [0.2, 0.25) is 0 Å². The van der Waals surface area contributed by atoms with Crippen LogP contribution in [0.5, 0.6) is 0 Å². The first kappa shape index (κ1) is 16.4. The van der Waals surface area contributed by atoms with E-state index in [1.807, 2.05) is 0 Å². The van der Waals surface area contributed by atoms with Crippen LogP contribution < -0.4 is 10.6 Å². The number of benzene rings is 1.